The van der Waals surface area contributed by atoms with E-state index in [-0.39, 0.29) is 5.82 Å². The van der Waals surface area contributed by atoms with Crippen LogP contribution in [0.2, 0.25) is 0 Å². The van der Waals surface area contributed by atoms with Crippen LogP contribution in [0, 0.1) is 5.82 Å². The van der Waals surface area contributed by atoms with Gasteiger partial charge in [-0.3, -0.25) is 0 Å². The highest BCUT2D eigenvalue weighted by atomic mass is 19.1. The van der Waals surface area contributed by atoms with Crippen molar-refractivity contribution in [2.45, 2.75) is 19.9 Å². The molecule has 2 aromatic heterocycles. The third-order valence-electron chi connectivity index (χ3n) is 4.86. The molecule has 0 bridgehead atoms. The third kappa shape index (κ3) is 4.68. The van der Waals surface area contributed by atoms with Crippen molar-refractivity contribution in [1.29, 1.82) is 0 Å². The first-order chi connectivity index (χ1) is 14.7. The minimum absolute atomic E-state index is 0.223. The molecule has 2 aromatic carbocycles. The molecule has 0 saturated carbocycles. The molecule has 7 heteroatoms. The second kappa shape index (κ2) is 9.26. The number of nitrogens with one attached hydrogen (secondary N) is 4. The van der Waals surface area contributed by atoms with Crippen LogP contribution in [0.15, 0.2) is 65.9 Å². The number of guanidine groups is 1. The zero-order valence-corrected chi connectivity index (χ0v) is 16.9. The second-order valence-corrected chi connectivity index (χ2v) is 6.99. The summed E-state index contributed by atoms with van der Waals surface area (Å²) in [6.45, 7) is 3.92. The molecule has 154 valence electrons. The number of benzene rings is 2. The number of aromatic nitrogens is 3. The SMILES string of the molecule is CCNC(=NCc1ncc(-c2ccccc2)[nH]1)NCCc1c[nH]c2ccc(F)cc12. The molecule has 0 aliphatic carbocycles. The van der Waals surface area contributed by atoms with Gasteiger partial charge in [0.1, 0.15) is 18.2 Å². The number of rotatable bonds is 7. The number of imidazole rings is 1. The molecule has 6 nitrogen and oxygen atoms in total. The Hall–Kier alpha value is -3.61. The van der Waals surface area contributed by atoms with Crippen molar-refractivity contribution < 1.29 is 4.39 Å². The lowest BCUT2D eigenvalue weighted by Gasteiger charge is -2.10. The number of aromatic amines is 2. The zero-order chi connectivity index (χ0) is 20.8. The van der Waals surface area contributed by atoms with Crippen molar-refractivity contribution >= 4 is 16.9 Å². The average molecular weight is 404 g/mol. The van der Waals surface area contributed by atoms with Crippen LogP contribution in [0.1, 0.15) is 18.3 Å². The molecule has 4 N–H and O–H groups in total. The van der Waals surface area contributed by atoms with Gasteiger partial charge in [0.05, 0.1) is 11.9 Å². The first-order valence-corrected chi connectivity index (χ1v) is 10.1. The summed E-state index contributed by atoms with van der Waals surface area (Å²) in [7, 11) is 0. The molecule has 0 amide bonds. The van der Waals surface area contributed by atoms with Gasteiger partial charge >= 0.3 is 0 Å². The summed E-state index contributed by atoms with van der Waals surface area (Å²) < 4.78 is 13.5. The Morgan fingerprint density at radius 1 is 1.13 bits per heavy atom. The van der Waals surface area contributed by atoms with E-state index >= 15 is 0 Å². The highest BCUT2D eigenvalue weighted by Gasteiger charge is 2.06. The summed E-state index contributed by atoms with van der Waals surface area (Å²) in [4.78, 5) is 15.6. The first-order valence-electron chi connectivity index (χ1n) is 10.1. The number of H-pyrrole nitrogens is 2. The summed E-state index contributed by atoms with van der Waals surface area (Å²) in [6.07, 6.45) is 4.52. The van der Waals surface area contributed by atoms with Crippen LogP contribution in [-0.2, 0) is 13.0 Å². The van der Waals surface area contributed by atoms with Crippen LogP contribution < -0.4 is 10.6 Å². The van der Waals surface area contributed by atoms with E-state index in [2.05, 4.69) is 30.6 Å². The van der Waals surface area contributed by atoms with Crippen LogP contribution in [0.3, 0.4) is 0 Å². The molecular weight excluding hydrogens is 379 g/mol. The maximum absolute atomic E-state index is 13.5. The van der Waals surface area contributed by atoms with E-state index in [0.717, 1.165) is 52.5 Å². The molecule has 0 spiro atoms. The summed E-state index contributed by atoms with van der Waals surface area (Å²) in [5.74, 6) is 1.30. The fraction of sp³-hybridized carbons (Fsp3) is 0.217. The number of fused-ring (bicyclic) bond motifs is 1. The predicted octanol–water partition coefficient (Wildman–Crippen LogP) is 3.99. The van der Waals surface area contributed by atoms with Gasteiger partial charge in [0.25, 0.3) is 0 Å². The summed E-state index contributed by atoms with van der Waals surface area (Å²) in [6, 6.07) is 14.9. The molecule has 0 aliphatic rings. The van der Waals surface area contributed by atoms with Crippen LogP contribution in [0.4, 0.5) is 4.39 Å². The standard InChI is InChI=1S/C23H25FN6/c1-2-25-23(26-11-10-17-13-27-20-9-8-18(24)12-19(17)20)29-15-22-28-14-21(30-22)16-6-4-3-5-7-16/h3-9,12-14,27H,2,10-11,15H2,1H3,(H,28,30)(H2,25,26,29). The third-order valence-corrected chi connectivity index (χ3v) is 4.86. The Labute approximate surface area is 174 Å². The molecule has 30 heavy (non-hydrogen) atoms. The van der Waals surface area contributed by atoms with Crippen molar-refractivity contribution in [3.05, 3.63) is 78.1 Å². The second-order valence-electron chi connectivity index (χ2n) is 6.99. The molecular formula is C23H25FN6. The molecule has 0 fully saturated rings. The van der Waals surface area contributed by atoms with Crippen molar-refractivity contribution in [2.24, 2.45) is 4.99 Å². The summed E-state index contributed by atoms with van der Waals surface area (Å²) in [5, 5.41) is 7.50. The lowest BCUT2D eigenvalue weighted by molar-refractivity contribution is 0.629. The molecule has 0 radical (unpaired) electrons. The fourth-order valence-corrected chi connectivity index (χ4v) is 3.38. The van der Waals surface area contributed by atoms with E-state index in [9.17, 15) is 4.39 Å². The van der Waals surface area contributed by atoms with Crippen LogP contribution in [0.5, 0.6) is 0 Å². The van der Waals surface area contributed by atoms with E-state index in [1.807, 2.05) is 49.6 Å². The molecule has 0 aliphatic heterocycles. The lowest BCUT2D eigenvalue weighted by Crippen LogP contribution is -2.38. The number of halogens is 1. The van der Waals surface area contributed by atoms with Crippen molar-refractivity contribution in [2.75, 3.05) is 13.1 Å². The van der Waals surface area contributed by atoms with Gasteiger partial charge in [-0.15, -0.1) is 0 Å². The number of hydrogen-bond donors (Lipinski definition) is 4. The molecule has 0 unspecified atom stereocenters. The van der Waals surface area contributed by atoms with Gasteiger partial charge in [0, 0.05) is 30.2 Å². The lowest BCUT2D eigenvalue weighted by atomic mass is 10.1. The molecule has 2 heterocycles. The molecule has 0 atom stereocenters. The quantitative estimate of drug-likeness (QED) is 0.278. The van der Waals surface area contributed by atoms with Gasteiger partial charge in [0.2, 0.25) is 0 Å². The van der Waals surface area contributed by atoms with E-state index in [0.29, 0.717) is 13.1 Å². The van der Waals surface area contributed by atoms with Crippen LogP contribution in [-0.4, -0.2) is 34.0 Å². The van der Waals surface area contributed by atoms with Crippen molar-refractivity contribution in [3.8, 4) is 11.3 Å². The van der Waals surface area contributed by atoms with Gasteiger partial charge in [-0.25, -0.2) is 14.4 Å². The number of nitrogens with zero attached hydrogens (tertiary/aromatic N) is 2. The van der Waals surface area contributed by atoms with Gasteiger partial charge in [-0.1, -0.05) is 30.3 Å². The smallest absolute Gasteiger partial charge is 0.191 e. The molecule has 0 saturated heterocycles. The van der Waals surface area contributed by atoms with Crippen LogP contribution >= 0.6 is 0 Å². The van der Waals surface area contributed by atoms with E-state index in [4.69, 9.17) is 0 Å². The largest absolute Gasteiger partial charge is 0.361 e. The van der Waals surface area contributed by atoms with Crippen LogP contribution in [0.25, 0.3) is 22.2 Å². The Bertz CT molecular complexity index is 1130. The maximum atomic E-state index is 13.5. The van der Waals surface area contributed by atoms with Gasteiger partial charge in [-0.05, 0) is 42.7 Å². The monoisotopic (exact) mass is 404 g/mol. The Morgan fingerprint density at radius 2 is 2.00 bits per heavy atom. The highest BCUT2D eigenvalue weighted by Crippen LogP contribution is 2.19. The van der Waals surface area contributed by atoms with Crippen molar-refractivity contribution in [1.82, 2.24) is 25.6 Å². The average Bonchev–Trinajstić information content (AvgIpc) is 3.40. The Balaban J connectivity index is 1.37. The number of aliphatic imine (C=N–C) groups is 1. The van der Waals surface area contributed by atoms with E-state index in [1.54, 1.807) is 12.1 Å². The minimum atomic E-state index is -0.223. The topological polar surface area (TPSA) is 80.9 Å². The maximum Gasteiger partial charge on any atom is 0.191 e. The van der Waals surface area contributed by atoms with Gasteiger partial charge in [-0.2, -0.15) is 0 Å². The summed E-state index contributed by atoms with van der Waals surface area (Å²) in [5.41, 5.74) is 4.09. The Kier molecular flexibility index (Phi) is 6.08. The summed E-state index contributed by atoms with van der Waals surface area (Å²) >= 11 is 0. The van der Waals surface area contributed by atoms with Crippen molar-refractivity contribution in [3.63, 3.8) is 0 Å². The minimum Gasteiger partial charge on any atom is -0.361 e. The number of hydrogen-bond acceptors (Lipinski definition) is 2. The zero-order valence-electron chi connectivity index (χ0n) is 16.9. The van der Waals surface area contributed by atoms with Gasteiger partial charge in [0.15, 0.2) is 5.96 Å². The van der Waals surface area contributed by atoms with Gasteiger partial charge < -0.3 is 20.6 Å². The fourth-order valence-electron chi connectivity index (χ4n) is 3.38. The highest BCUT2D eigenvalue weighted by molar-refractivity contribution is 5.83. The normalized spacial score (nSPS) is 11.7. The molecule has 4 aromatic rings. The molecule has 4 rings (SSSR count). The first kappa shape index (κ1) is 19.7. The predicted molar refractivity (Wildman–Crippen MR) is 119 cm³/mol. The van der Waals surface area contributed by atoms with E-state index in [1.165, 1.54) is 6.07 Å². The van der Waals surface area contributed by atoms with E-state index < -0.39 is 0 Å². The Morgan fingerprint density at radius 3 is 2.83 bits per heavy atom.